The number of carbonyl (C=O) groups excluding carboxylic acids is 2. The molecule has 0 radical (unpaired) electrons. The lowest BCUT2D eigenvalue weighted by Gasteiger charge is -2.35. The van der Waals surface area contributed by atoms with Crippen molar-refractivity contribution in [3.05, 3.63) is 46.1 Å². The molecule has 34 heavy (non-hydrogen) atoms. The fourth-order valence-electron chi connectivity index (χ4n) is 3.42. The summed E-state index contributed by atoms with van der Waals surface area (Å²) in [5.41, 5.74) is 0.730. The van der Waals surface area contributed by atoms with E-state index in [1.807, 2.05) is 0 Å². The Bertz CT molecular complexity index is 1200. The van der Waals surface area contributed by atoms with Crippen LogP contribution in [0.2, 0.25) is 0 Å². The molecule has 0 spiro atoms. The van der Waals surface area contributed by atoms with Gasteiger partial charge in [-0.05, 0) is 49.0 Å². The average Bonchev–Trinajstić information content (AvgIpc) is 3.13. The summed E-state index contributed by atoms with van der Waals surface area (Å²) >= 11 is 6.62. The molecule has 2 heterocycles. The number of sulfonamides is 1. The molecule has 1 fully saturated rings. The number of thiophene rings is 1. The number of piperazine rings is 1. The van der Waals surface area contributed by atoms with Gasteiger partial charge in [-0.1, -0.05) is 0 Å². The smallest absolute Gasteiger partial charge is 0.341 e. The molecule has 1 amide bonds. The molecule has 0 aliphatic carbocycles. The maximum Gasteiger partial charge on any atom is 0.341 e. The van der Waals surface area contributed by atoms with Crippen LogP contribution >= 0.6 is 23.6 Å². The molecule has 1 aromatic heterocycles. The number of benzene rings is 1. The lowest BCUT2D eigenvalue weighted by molar-refractivity contribution is 0.0601. The summed E-state index contributed by atoms with van der Waals surface area (Å²) < 4.78 is 45.0. The van der Waals surface area contributed by atoms with E-state index in [9.17, 15) is 22.4 Å². The van der Waals surface area contributed by atoms with Crippen molar-refractivity contribution in [3.63, 3.8) is 0 Å². The second-order valence-corrected chi connectivity index (χ2v) is 11.1. The highest BCUT2D eigenvalue weighted by Gasteiger charge is 2.31. The first-order valence-electron chi connectivity index (χ1n) is 10.2. The van der Waals surface area contributed by atoms with E-state index < -0.39 is 21.8 Å². The van der Waals surface area contributed by atoms with Crippen LogP contribution in [0.5, 0.6) is 0 Å². The van der Waals surface area contributed by atoms with Crippen molar-refractivity contribution in [2.24, 2.45) is 0 Å². The number of ether oxygens (including phenoxy) is 1. The van der Waals surface area contributed by atoms with E-state index in [0.717, 1.165) is 23.5 Å². The summed E-state index contributed by atoms with van der Waals surface area (Å²) in [6.07, 6.45) is 0. The molecule has 0 atom stereocenters. The summed E-state index contributed by atoms with van der Waals surface area (Å²) in [7, 11) is 0.750. The molecular formula is C21H25FN4O5S3. The highest BCUT2D eigenvalue weighted by atomic mass is 32.2. The first kappa shape index (κ1) is 26.0. The van der Waals surface area contributed by atoms with Gasteiger partial charge in [0, 0.05) is 40.3 Å². The number of thiocarbonyl (C=S) groups is 1. The van der Waals surface area contributed by atoms with Crippen LogP contribution in [0.15, 0.2) is 29.2 Å². The van der Waals surface area contributed by atoms with Gasteiger partial charge in [0.15, 0.2) is 5.11 Å². The first-order chi connectivity index (χ1) is 16.0. The van der Waals surface area contributed by atoms with Gasteiger partial charge in [-0.15, -0.1) is 11.3 Å². The van der Waals surface area contributed by atoms with E-state index in [4.69, 9.17) is 17.0 Å². The van der Waals surface area contributed by atoms with Crippen LogP contribution < -0.4 is 5.32 Å². The number of esters is 1. The largest absolute Gasteiger partial charge is 0.465 e. The van der Waals surface area contributed by atoms with E-state index >= 15 is 0 Å². The van der Waals surface area contributed by atoms with Gasteiger partial charge >= 0.3 is 5.97 Å². The summed E-state index contributed by atoms with van der Waals surface area (Å²) in [6.45, 7) is 2.66. The molecule has 1 aromatic carbocycles. The Balaban J connectivity index is 1.74. The van der Waals surface area contributed by atoms with E-state index in [1.165, 1.54) is 28.4 Å². The van der Waals surface area contributed by atoms with Crippen molar-refractivity contribution in [3.8, 4) is 0 Å². The minimum Gasteiger partial charge on any atom is -0.465 e. The van der Waals surface area contributed by atoms with E-state index in [2.05, 4.69) is 5.32 Å². The summed E-state index contributed by atoms with van der Waals surface area (Å²) in [6, 6.07) is 4.70. The number of amides is 1. The Morgan fingerprint density at radius 2 is 1.74 bits per heavy atom. The third-order valence-corrected chi connectivity index (χ3v) is 8.80. The second kappa shape index (κ2) is 10.3. The topological polar surface area (TPSA) is 99.3 Å². The van der Waals surface area contributed by atoms with Crippen molar-refractivity contribution < 1.29 is 27.1 Å². The molecule has 9 nitrogen and oxygen atoms in total. The van der Waals surface area contributed by atoms with Crippen molar-refractivity contribution in [2.75, 3.05) is 52.7 Å². The number of carbonyl (C=O) groups is 2. The number of anilines is 1. The van der Waals surface area contributed by atoms with Gasteiger partial charge in [-0.2, -0.15) is 4.31 Å². The van der Waals surface area contributed by atoms with Gasteiger partial charge in [-0.25, -0.2) is 17.6 Å². The maximum absolute atomic E-state index is 13.2. The summed E-state index contributed by atoms with van der Waals surface area (Å²) in [5, 5.41) is 3.73. The zero-order valence-electron chi connectivity index (χ0n) is 19.1. The third kappa shape index (κ3) is 5.22. The Morgan fingerprint density at radius 1 is 1.15 bits per heavy atom. The van der Waals surface area contributed by atoms with Crippen LogP contribution in [0, 0.1) is 12.7 Å². The maximum atomic E-state index is 13.2. The van der Waals surface area contributed by atoms with Crippen molar-refractivity contribution in [1.29, 1.82) is 0 Å². The number of nitrogens with zero attached hydrogens (tertiary/aromatic N) is 3. The van der Waals surface area contributed by atoms with Crippen molar-refractivity contribution in [2.45, 2.75) is 11.8 Å². The van der Waals surface area contributed by atoms with Gasteiger partial charge in [0.25, 0.3) is 5.91 Å². The van der Waals surface area contributed by atoms with Crippen LogP contribution in [0.1, 0.15) is 25.6 Å². The number of hydrogen-bond acceptors (Lipinski definition) is 7. The second-order valence-electron chi connectivity index (χ2n) is 7.73. The van der Waals surface area contributed by atoms with Crippen LogP contribution in [-0.4, -0.2) is 86.9 Å². The molecular weight excluding hydrogens is 503 g/mol. The highest BCUT2D eigenvalue weighted by Crippen LogP contribution is 2.34. The summed E-state index contributed by atoms with van der Waals surface area (Å²) in [5.74, 6) is -1.34. The van der Waals surface area contributed by atoms with Gasteiger partial charge in [-0.3, -0.25) is 4.79 Å². The fourth-order valence-corrected chi connectivity index (χ4v) is 6.41. The van der Waals surface area contributed by atoms with Gasteiger partial charge < -0.3 is 19.9 Å². The molecule has 3 rings (SSSR count). The molecule has 184 valence electrons. The number of nitrogens with one attached hydrogen (secondary N) is 1. The minimum atomic E-state index is -3.75. The molecule has 13 heteroatoms. The molecule has 1 N–H and O–H groups in total. The third-order valence-electron chi connectivity index (χ3n) is 5.33. The standard InChI is InChI=1S/C21H25FN4O5S3/c1-13-16(20(28)31-4)18(33-17(13)19(27)24(2)3)23-21(32)25-9-11-26(12-10-25)34(29,30)15-7-5-14(22)6-8-15/h5-8H,9-12H2,1-4H3,(H,23,32). The van der Waals surface area contributed by atoms with Crippen molar-refractivity contribution >= 4 is 55.6 Å². The van der Waals surface area contributed by atoms with Crippen molar-refractivity contribution in [1.82, 2.24) is 14.1 Å². The lowest BCUT2D eigenvalue weighted by atomic mass is 10.1. The number of hydrogen-bond donors (Lipinski definition) is 1. The quantitative estimate of drug-likeness (QED) is 0.467. The number of halogens is 1. The van der Waals surface area contributed by atoms with Crippen LogP contribution in [0.3, 0.4) is 0 Å². The Hall–Kier alpha value is -2.61. The van der Waals surface area contributed by atoms with Crippen LogP contribution in [-0.2, 0) is 14.8 Å². The molecule has 1 aliphatic heterocycles. The van der Waals surface area contributed by atoms with E-state index in [0.29, 0.717) is 33.6 Å². The number of methoxy groups -OCH3 is 1. The zero-order chi connectivity index (χ0) is 25.2. The molecule has 0 bridgehead atoms. The SMILES string of the molecule is COC(=O)c1c(NC(=S)N2CCN(S(=O)(=O)c3ccc(F)cc3)CC2)sc(C(=O)N(C)C)c1C. The van der Waals surface area contributed by atoms with Gasteiger partial charge in [0.1, 0.15) is 10.8 Å². The van der Waals surface area contributed by atoms with Gasteiger partial charge in [0.2, 0.25) is 10.0 Å². The zero-order valence-corrected chi connectivity index (χ0v) is 21.6. The van der Waals surface area contributed by atoms with Crippen LogP contribution in [0.25, 0.3) is 0 Å². The molecule has 2 aromatic rings. The molecule has 1 aliphatic rings. The Morgan fingerprint density at radius 3 is 2.26 bits per heavy atom. The Kier molecular flexibility index (Phi) is 7.91. The number of rotatable bonds is 5. The van der Waals surface area contributed by atoms with Crippen LogP contribution in [0.4, 0.5) is 9.39 Å². The fraction of sp³-hybridized carbons (Fsp3) is 0.381. The molecule has 0 unspecified atom stereocenters. The highest BCUT2D eigenvalue weighted by molar-refractivity contribution is 7.89. The van der Waals surface area contributed by atoms with E-state index in [-0.39, 0.29) is 29.5 Å². The molecule has 1 saturated heterocycles. The average molecular weight is 529 g/mol. The van der Waals surface area contributed by atoms with E-state index in [1.54, 1.807) is 25.9 Å². The first-order valence-corrected chi connectivity index (χ1v) is 12.9. The summed E-state index contributed by atoms with van der Waals surface area (Å²) in [4.78, 5) is 28.5. The molecule has 0 saturated carbocycles. The minimum absolute atomic E-state index is 0.0259. The Labute approximate surface area is 207 Å². The van der Waals surface area contributed by atoms with Gasteiger partial charge in [0.05, 0.1) is 22.4 Å². The predicted octanol–water partition coefficient (Wildman–Crippen LogP) is 2.39. The monoisotopic (exact) mass is 528 g/mol. The predicted molar refractivity (Wildman–Crippen MR) is 131 cm³/mol. The normalized spacial score (nSPS) is 14.6. The lowest BCUT2D eigenvalue weighted by Crippen LogP contribution is -2.51.